The summed E-state index contributed by atoms with van der Waals surface area (Å²) in [6.07, 6.45) is 7.36. The maximum absolute atomic E-state index is 15.1. The molecule has 290 valence electrons. The summed E-state index contributed by atoms with van der Waals surface area (Å²) in [5.41, 5.74) is 2.93. The zero-order valence-electron chi connectivity index (χ0n) is 31.5. The lowest BCUT2D eigenvalue weighted by Gasteiger charge is -2.36. The Morgan fingerprint density at radius 1 is 1.07 bits per heavy atom. The van der Waals surface area contributed by atoms with Crippen LogP contribution in [0.2, 0.25) is 0 Å². The van der Waals surface area contributed by atoms with Gasteiger partial charge in [0.25, 0.3) is 0 Å². The minimum absolute atomic E-state index is 0.0210. The first kappa shape index (κ1) is 40.0. The maximum Gasteiger partial charge on any atom is 0.410 e. The van der Waals surface area contributed by atoms with Gasteiger partial charge in [-0.25, -0.2) is 9.18 Å². The first-order valence-electron chi connectivity index (χ1n) is 18.6. The molecule has 3 heterocycles. The van der Waals surface area contributed by atoms with Crippen LogP contribution < -0.4 is 4.90 Å². The molecule has 13 heteroatoms. The fourth-order valence-electron chi connectivity index (χ4n) is 6.76. The van der Waals surface area contributed by atoms with Crippen LogP contribution in [0.25, 0.3) is 6.08 Å². The first-order valence-corrected chi connectivity index (χ1v) is 18.6. The second-order valence-electron chi connectivity index (χ2n) is 14.5. The average Bonchev–Trinajstić information content (AvgIpc) is 3.66. The van der Waals surface area contributed by atoms with Gasteiger partial charge in [-0.3, -0.25) is 14.3 Å². The highest BCUT2D eigenvalue weighted by Gasteiger charge is 2.28. The van der Waals surface area contributed by atoms with Crippen molar-refractivity contribution in [1.82, 2.24) is 19.6 Å². The van der Waals surface area contributed by atoms with Gasteiger partial charge in [-0.05, 0) is 91.3 Å². The lowest BCUT2D eigenvalue weighted by Crippen LogP contribution is -2.49. The highest BCUT2D eigenvalue weighted by Crippen LogP contribution is 2.28. The summed E-state index contributed by atoms with van der Waals surface area (Å²) in [4.78, 5) is 44.3. The molecule has 2 aliphatic rings. The van der Waals surface area contributed by atoms with E-state index in [9.17, 15) is 24.6 Å². The van der Waals surface area contributed by atoms with E-state index < -0.39 is 36.2 Å². The number of aliphatic hydroxyl groups excluding tert-OH is 1. The zero-order chi connectivity index (χ0) is 38.8. The van der Waals surface area contributed by atoms with E-state index in [0.29, 0.717) is 68.8 Å². The quantitative estimate of drug-likeness (QED) is 0.217. The third kappa shape index (κ3) is 11.4. The van der Waals surface area contributed by atoms with Gasteiger partial charge < -0.3 is 34.4 Å². The van der Waals surface area contributed by atoms with Crippen molar-refractivity contribution in [1.29, 1.82) is 0 Å². The SMILES string of the molecule is C/C(=C\c1cc(F)cc(N2CCN(C(=O)Cn3cccn3)CC2)c1)[C@H]1OC(=O)C[C@H](O)CC[C@H](C)[C@@H](OC(=O)N(C)CCc2ccc(O)cc2)/C=C\[C@@H]1C. The number of phenolic OH excluding ortho intramolecular Hbond substituents is 1. The predicted octanol–water partition coefficient (Wildman–Crippen LogP) is 5.44. The molecule has 1 saturated heterocycles. The van der Waals surface area contributed by atoms with Crippen LogP contribution in [0, 0.1) is 17.7 Å². The molecular formula is C41H52FN5O7. The molecule has 2 aromatic carbocycles. The molecule has 2 aliphatic heterocycles. The predicted molar refractivity (Wildman–Crippen MR) is 203 cm³/mol. The van der Waals surface area contributed by atoms with Crippen molar-refractivity contribution in [3.8, 4) is 5.75 Å². The van der Waals surface area contributed by atoms with E-state index >= 15 is 4.39 Å². The van der Waals surface area contributed by atoms with Crippen LogP contribution in [0.5, 0.6) is 5.75 Å². The van der Waals surface area contributed by atoms with Crippen molar-refractivity contribution >= 4 is 29.7 Å². The number of rotatable bonds is 9. The van der Waals surface area contributed by atoms with Gasteiger partial charge in [-0.15, -0.1) is 0 Å². The average molecular weight is 746 g/mol. The highest BCUT2D eigenvalue weighted by atomic mass is 19.1. The molecule has 2 N–H and O–H groups in total. The molecule has 5 atom stereocenters. The van der Waals surface area contributed by atoms with E-state index in [1.54, 1.807) is 53.3 Å². The van der Waals surface area contributed by atoms with Crippen molar-refractivity contribution in [2.45, 2.75) is 71.3 Å². The van der Waals surface area contributed by atoms with Crippen molar-refractivity contribution in [3.05, 3.63) is 95.6 Å². The summed E-state index contributed by atoms with van der Waals surface area (Å²) in [7, 11) is 1.67. The Hall–Kier alpha value is -5.17. The van der Waals surface area contributed by atoms with Crippen molar-refractivity contribution in [3.63, 3.8) is 0 Å². The number of carbonyl (C=O) groups excluding carboxylic acids is 3. The second kappa shape index (κ2) is 18.7. The number of carbonyl (C=O) groups is 3. The highest BCUT2D eigenvalue weighted by molar-refractivity contribution is 5.76. The van der Waals surface area contributed by atoms with Gasteiger partial charge in [-0.1, -0.05) is 38.1 Å². The van der Waals surface area contributed by atoms with Crippen LogP contribution in [0.1, 0.15) is 51.2 Å². The number of aliphatic hydroxyl groups is 1. The Kier molecular flexibility index (Phi) is 13.9. The molecule has 1 fully saturated rings. The van der Waals surface area contributed by atoms with E-state index in [2.05, 4.69) is 5.10 Å². The van der Waals surface area contributed by atoms with Crippen molar-refractivity contribution in [2.24, 2.45) is 11.8 Å². The van der Waals surface area contributed by atoms with Gasteiger partial charge in [-0.2, -0.15) is 5.10 Å². The minimum Gasteiger partial charge on any atom is -0.508 e. The fourth-order valence-corrected chi connectivity index (χ4v) is 6.76. The van der Waals surface area contributed by atoms with E-state index in [-0.39, 0.29) is 36.5 Å². The monoisotopic (exact) mass is 745 g/mol. The largest absolute Gasteiger partial charge is 0.508 e. The Morgan fingerprint density at radius 3 is 2.52 bits per heavy atom. The minimum atomic E-state index is -0.931. The third-order valence-electron chi connectivity index (χ3n) is 10.1. The number of hydrogen-bond acceptors (Lipinski definition) is 9. The molecule has 2 amide bonds. The zero-order valence-corrected chi connectivity index (χ0v) is 31.5. The number of ether oxygens (including phenoxy) is 2. The van der Waals surface area contributed by atoms with Gasteiger partial charge in [0, 0.05) is 63.8 Å². The molecule has 0 aliphatic carbocycles. The number of cyclic esters (lactones) is 1. The summed E-state index contributed by atoms with van der Waals surface area (Å²) in [5.74, 6) is -1.30. The van der Waals surface area contributed by atoms with Crippen LogP contribution in [0.3, 0.4) is 0 Å². The number of esters is 1. The number of likely N-dealkylation sites (N-methyl/N-ethyl adjacent to an activating group) is 1. The molecule has 0 saturated carbocycles. The van der Waals surface area contributed by atoms with Crippen molar-refractivity contribution in [2.75, 3.05) is 44.7 Å². The lowest BCUT2D eigenvalue weighted by atomic mass is 9.91. The number of nitrogens with zero attached hydrogens (tertiary/aromatic N) is 5. The number of amides is 2. The van der Waals surface area contributed by atoms with Gasteiger partial charge in [0.1, 0.15) is 30.3 Å². The normalized spacial score (nSPS) is 23.5. The molecule has 12 nitrogen and oxygen atoms in total. The molecule has 54 heavy (non-hydrogen) atoms. The first-order chi connectivity index (χ1) is 25.8. The summed E-state index contributed by atoms with van der Waals surface area (Å²) >= 11 is 0. The number of halogens is 1. The van der Waals surface area contributed by atoms with Gasteiger partial charge in [0.2, 0.25) is 5.91 Å². The molecule has 1 aromatic heterocycles. The Balaban J connectivity index is 1.27. The Labute approximate surface area is 316 Å². The smallest absolute Gasteiger partial charge is 0.410 e. The summed E-state index contributed by atoms with van der Waals surface area (Å²) < 4.78 is 28.6. The van der Waals surface area contributed by atoms with Gasteiger partial charge in [0.15, 0.2) is 0 Å². The van der Waals surface area contributed by atoms with Crippen LogP contribution >= 0.6 is 0 Å². The molecular weight excluding hydrogens is 693 g/mol. The molecule has 5 rings (SSSR count). The summed E-state index contributed by atoms with van der Waals surface area (Å²) in [5, 5.41) is 24.4. The third-order valence-corrected chi connectivity index (χ3v) is 10.1. The number of anilines is 1. The van der Waals surface area contributed by atoms with Crippen LogP contribution in [0.15, 0.2) is 78.6 Å². The van der Waals surface area contributed by atoms with E-state index in [0.717, 1.165) is 5.56 Å². The second-order valence-corrected chi connectivity index (χ2v) is 14.5. The van der Waals surface area contributed by atoms with Crippen LogP contribution in [0.4, 0.5) is 14.9 Å². The Morgan fingerprint density at radius 2 is 1.81 bits per heavy atom. The molecule has 0 bridgehead atoms. The van der Waals surface area contributed by atoms with Crippen LogP contribution in [-0.4, -0.2) is 106 Å². The van der Waals surface area contributed by atoms with E-state index in [4.69, 9.17) is 9.47 Å². The Bertz CT molecular complexity index is 1770. The number of aromatic nitrogens is 2. The number of phenols is 1. The molecule has 3 aromatic rings. The van der Waals surface area contributed by atoms with Crippen LogP contribution in [-0.2, 0) is 32.0 Å². The summed E-state index contributed by atoms with van der Waals surface area (Å²) in [6, 6.07) is 13.4. The number of piperazine rings is 1. The number of aromatic hydroxyl groups is 1. The molecule has 0 radical (unpaired) electrons. The molecule has 0 spiro atoms. The maximum atomic E-state index is 15.1. The standard InChI is InChI=1S/C41H52FN5O7/c1-28-6-10-36(49)26-39(51)54-40(29(2)7-13-37(28)53-41(52)44(4)17-14-31-8-11-35(48)12-9-31)30(3)22-32-23-33(42)25-34(24-32)45-18-20-46(21-19-45)38(50)27-47-16-5-15-43-47/h5,7-9,11-13,15-16,22-25,28-29,36-37,40,48-49H,6,10,14,17-21,26-27H2,1-4H3/b13-7-,30-22+/t28-,29-,36+,37-,40-/m0/s1. The van der Waals surface area contributed by atoms with Gasteiger partial charge in [0.05, 0.1) is 12.5 Å². The van der Waals surface area contributed by atoms with E-state index in [1.807, 2.05) is 56.0 Å². The van der Waals surface area contributed by atoms with Crippen molar-refractivity contribution < 1.29 is 38.5 Å². The number of hydrogen-bond donors (Lipinski definition) is 2. The van der Waals surface area contributed by atoms with E-state index in [1.165, 1.54) is 17.0 Å². The summed E-state index contributed by atoms with van der Waals surface area (Å²) in [6.45, 7) is 8.33. The molecule has 0 unspecified atom stereocenters. The topological polar surface area (TPSA) is 138 Å². The number of benzene rings is 2. The van der Waals surface area contributed by atoms with Gasteiger partial charge >= 0.3 is 12.1 Å². The lowest BCUT2D eigenvalue weighted by molar-refractivity contribution is -0.151. The fraction of sp³-hybridized carbons (Fsp3) is 0.463.